The molecule has 2 atom stereocenters. The van der Waals surface area contributed by atoms with Crippen molar-refractivity contribution in [3.05, 3.63) is 35.4 Å². The first kappa shape index (κ1) is 12.2. The molecule has 2 unspecified atom stereocenters. The Kier molecular flexibility index (Phi) is 2.95. The van der Waals surface area contributed by atoms with E-state index in [1.54, 1.807) is 11.1 Å². The van der Waals surface area contributed by atoms with Crippen molar-refractivity contribution in [3.63, 3.8) is 0 Å². The zero-order chi connectivity index (χ0) is 12.8. The summed E-state index contributed by atoms with van der Waals surface area (Å²) in [6.45, 7) is 2.43. The standard InChI is InChI=1S/C16H24N2/c1-17(2)12-16-8-9-18(3)14(11-16)10-13-6-4-5-7-15(13)16/h4-7,14H,8-12H2,1-3H3. The van der Waals surface area contributed by atoms with Gasteiger partial charge in [0, 0.05) is 18.0 Å². The lowest BCUT2D eigenvalue weighted by Gasteiger charge is -2.51. The second-order valence-electron chi connectivity index (χ2n) is 6.47. The van der Waals surface area contributed by atoms with Crippen molar-refractivity contribution in [2.75, 3.05) is 34.2 Å². The molecule has 1 aliphatic carbocycles. The van der Waals surface area contributed by atoms with E-state index in [0.29, 0.717) is 5.41 Å². The van der Waals surface area contributed by atoms with Gasteiger partial charge in [-0.2, -0.15) is 0 Å². The fraction of sp³-hybridized carbons (Fsp3) is 0.625. The first-order valence-corrected chi connectivity index (χ1v) is 7.04. The summed E-state index contributed by atoms with van der Waals surface area (Å²) in [4.78, 5) is 4.92. The number of likely N-dealkylation sites (tertiary alicyclic amines) is 1. The summed E-state index contributed by atoms with van der Waals surface area (Å²) < 4.78 is 0. The van der Waals surface area contributed by atoms with Crippen molar-refractivity contribution in [1.29, 1.82) is 0 Å². The molecule has 1 aliphatic heterocycles. The van der Waals surface area contributed by atoms with E-state index in [1.807, 2.05) is 0 Å². The van der Waals surface area contributed by atoms with E-state index in [9.17, 15) is 0 Å². The number of hydrogen-bond donors (Lipinski definition) is 0. The number of rotatable bonds is 2. The molecule has 2 heteroatoms. The lowest BCUT2D eigenvalue weighted by molar-refractivity contribution is 0.0855. The molecule has 0 radical (unpaired) electrons. The van der Waals surface area contributed by atoms with Gasteiger partial charge in [0.2, 0.25) is 0 Å². The third-order valence-electron chi connectivity index (χ3n) is 4.86. The summed E-state index contributed by atoms with van der Waals surface area (Å²) in [6.07, 6.45) is 3.87. The largest absolute Gasteiger partial charge is 0.309 e. The fourth-order valence-electron chi connectivity index (χ4n) is 4.06. The van der Waals surface area contributed by atoms with E-state index in [0.717, 1.165) is 6.04 Å². The normalized spacial score (nSPS) is 31.4. The number of likely N-dealkylation sites (N-methyl/N-ethyl adjacent to an activating group) is 2. The predicted molar refractivity (Wildman–Crippen MR) is 76.0 cm³/mol. The van der Waals surface area contributed by atoms with Crippen molar-refractivity contribution in [3.8, 4) is 0 Å². The molecular weight excluding hydrogens is 220 g/mol. The molecule has 1 aromatic rings. The minimum atomic E-state index is 0.398. The van der Waals surface area contributed by atoms with Crippen molar-refractivity contribution < 1.29 is 0 Å². The number of benzene rings is 1. The molecule has 0 amide bonds. The Balaban J connectivity index is 2.05. The first-order chi connectivity index (χ1) is 8.61. The molecule has 18 heavy (non-hydrogen) atoms. The molecule has 98 valence electrons. The van der Waals surface area contributed by atoms with Crippen LogP contribution in [0.25, 0.3) is 0 Å². The van der Waals surface area contributed by atoms with Gasteiger partial charge in [0.15, 0.2) is 0 Å². The number of piperidine rings is 1. The first-order valence-electron chi connectivity index (χ1n) is 7.04. The molecule has 0 saturated carbocycles. The summed E-state index contributed by atoms with van der Waals surface area (Å²) in [5.74, 6) is 0. The number of nitrogens with zero attached hydrogens (tertiary/aromatic N) is 2. The van der Waals surface area contributed by atoms with E-state index < -0.39 is 0 Å². The van der Waals surface area contributed by atoms with Crippen LogP contribution in [0.5, 0.6) is 0 Å². The van der Waals surface area contributed by atoms with Gasteiger partial charge < -0.3 is 9.80 Å². The Labute approximate surface area is 111 Å². The summed E-state index contributed by atoms with van der Waals surface area (Å²) in [6, 6.07) is 9.87. The van der Waals surface area contributed by atoms with E-state index >= 15 is 0 Å². The third kappa shape index (κ3) is 1.88. The minimum absolute atomic E-state index is 0.398. The van der Waals surface area contributed by atoms with Crippen LogP contribution in [-0.2, 0) is 11.8 Å². The van der Waals surface area contributed by atoms with Crippen molar-refractivity contribution in [1.82, 2.24) is 9.80 Å². The van der Waals surface area contributed by atoms with Gasteiger partial charge in [-0.3, -0.25) is 0 Å². The van der Waals surface area contributed by atoms with Crippen LogP contribution in [0, 0.1) is 0 Å². The molecule has 1 saturated heterocycles. The number of hydrogen-bond acceptors (Lipinski definition) is 2. The van der Waals surface area contributed by atoms with Crippen LogP contribution in [0.1, 0.15) is 24.0 Å². The molecule has 2 bridgehead atoms. The van der Waals surface area contributed by atoms with Gasteiger partial charge in [0.25, 0.3) is 0 Å². The highest BCUT2D eigenvalue weighted by Crippen LogP contribution is 2.44. The summed E-state index contributed by atoms with van der Waals surface area (Å²) in [5.41, 5.74) is 3.61. The maximum atomic E-state index is 2.56. The van der Waals surface area contributed by atoms with Gasteiger partial charge in [-0.15, -0.1) is 0 Å². The zero-order valence-electron chi connectivity index (χ0n) is 11.8. The lowest BCUT2D eigenvalue weighted by Crippen LogP contribution is -2.55. The Bertz CT molecular complexity index is 440. The molecule has 0 N–H and O–H groups in total. The maximum Gasteiger partial charge on any atom is 0.0142 e. The topological polar surface area (TPSA) is 6.48 Å². The average molecular weight is 244 g/mol. The second-order valence-corrected chi connectivity index (χ2v) is 6.47. The third-order valence-corrected chi connectivity index (χ3v) is 4.86. The average Bonchev–Trinajstić information content (AvgIpc) is 2.34. The van der Waals surface area contributed by atoms with E-state index in [4.69, 9.17) is 0 Å². The molecule has 1 fully saturated rings. The van der Waals surface area contributed by atoms with Crippen LogP contribution in [-0.4, -0.2) is 50.1 Å². The van der Waals surface area contributed by atoms with Crippen LogP contribution in [0.4, 0.5) is 0 Å². The van der Waals surface area contributed by atoms with Gasteiger partial charge in [0.1, 0.15) is 0 Å². The monoisotopic (exact) mass is 244 g/mol. The highest BCUT2D eigenvalue weighted by atomic mass is 15.2. The SMILES string of the molecule is CN(C)CC12CCN(C)C(Cc3ccccc31)C2. The second kappa shape index (κ2) is 4.36. The lowest BCUT2D eigenvalue weighted by atomic mass is 9.63. The molecular formula is C16H24N2. The van der Waals surface area contributed by atoms with Crippen molar-refractivity contribution in [2.24, 2.45) is 0 Å². The van der Waals surface area contributed by atoms with E-state index in [-0.39, 0.29) is 0 Å². The highest BCUT2D eigenvalue weighted by molar-refractivity contribution is 5.39. The van der Waals surface area contributed by atoms with Crippen LogP contribution < -0.4 is 0 Å². The maximum absolute atomic E-state index is 2.56. The Morgan fingerprint density at radius 1 is 1.33 bits per heavy atom. The Morgan fingerprint density at radius 2 is 2.11 bits per heavy atom. The molecule has 0 spiro atoms. The summed E-state index contributed by atoms with van der Waals surface area (Å²) in [5, 5.41) is 0. The van der Waals surface area contributed by atoms with Gasteiger partial charge in [-0.05, 0) is 58.1 Å². The van der Waals surface area contributed by atoms with Gasteiger partial charge >= 0.3 is 0 Å². The smallest absolute Gasteiger partial charge is 0.0142 e. The van der Waals surface area contributed by atoms with Crippen molar-refractivity contribution >= 4 is 0 Å². The Hall–Kier alpha value is -0.860. The fourth-order valence-corrected chi connectivity index (χ4v) is 4.06. The Morgan fingerprint density at radius 3 is 2.89 bits per heavy atom. The predicted octanol–water partition coefficient (Wildman–Crippen LogP) is 2.14. The van der Waals surface area contributed by atoms with Gasteiger partial charge in [0.05, 0.1) is 0 Å². The number of fused-ring (bicyclic) bond motifs is 4. The molecule has 2 nitrogen and oxygen atoms in total. The van der Waals surface area contributed by atoms with Gasteiger partial charge in [-0.25, -0.2) is 0 Å². The van der Waals surface area contributed by atoms with Crippen LogP contribution in [0.15, 0.2) is 24.3 Å². The van der Waals surface area contributed by atoms with E-state index in [2.05, 4.69) is 55.2 Å². The zero-order valence-corrected chi connectivity index (χ0v) is 11.8. The van der Waals surface area contributed by atoms with Crippen molar-refractivity contribution in [2.45, 2.75) is 30.7 Å². The molecule has 1 aromatic carbocycles. The highest BCUT2D eigenvalue weighted by Gasteiger charge is 2.44. The summed E-state index contributed by atoms with van der Waals surface area (Å²) in [7, 11) is 6.71. The van der Waals surface area contributed by atoms with Crippen LogP contribution in [0.2, 0.25) is 0 Å². The van der Waals surface area contributed by atoms with Crippen LogP contribution in [0.3, 0.4) is 0 Å². The summed E-state index contributed by atoms with van der Waals surface area (Å²) >= 11 is 0. The molecule has 1 heterocycles. The quantitative estimate of drug-likeness (QED) is 0.786. The van der Waals surface area contributed by atoms with Crippen LogP contribution >= 0.6 is 0 Å². The van der Waals surface area contributed by atoms with Gasteiger partial charge in [-0.1, -0.05) is 24.3 Å². The minimum Gasteiger partial charge on any atom is -0.309 e. The molecule has 0 aromatic heterocycles. The molecule has 2 aliphatic rings. The molecule has 3 rings (SSSR count). The van der Waals surface area contributed by atoms with E-state index in [1.165, 1.54) is 32.4 Å².